The van der Waals surface area contributed by atoms with E-state index in [-0.39, 0.29) is 12.6 Å². The summed E-state index contributed by atoms with van der Waals surface area (Å²) in [5.74, 6) is 0.164. The molecule has 1 rings (SSSR count). The van der Waals surface area contributed by atoms with Gasteiger partial charge in [-0.1, -0.05) is 6.92 Å². The average Bonchev–Trinajstić information content (AvgIpc) is 2.49. The average molecular weight is 318 g/mol. The van der Waals surface area contributed by atoms with Crippen LogP contribution in [0.5, 0.6) is 5.88 Å². The Labute approximate surface area is 128 Å². The van der Waals surface area contributed by atoms with Gasteiger partial charge in [-0.15, -0.1) is 0 Å². The van der Waals surface area contributed by atoms with Gasteiger partial charge >= 0.3 is 6.18 Å². The number of alkyl halides is 3. The summed E-state index contributed by atoms with van der Waals surface area (Å²) >= 11 is 0. The molecule has 22 heavy (non-hydrogen) atoms. The summed E-state index contributed by atoms with van der Waals surface area (Å²) in [5.41, 5.74) is -0.878. The normalized spacial score (nSPS) is 13.6. The summed E-state index contributed by atoms with van der Waals surface area (Å²) in [6.07, 6.45) is -2.29. The number of aliphatic imine (C=N–C) groups is 1. The predicted molar refractivity (Wildman–Crippen MR) is 79.0 cm³/mol. The third-order valence-corrected chi connectivity index (χ3v) is 2.93. The Balaban J connectivity index is 2.48. The predicted octanol–water partition coefficient (Wildman–Crippen LogP) is 2.44. The standard InChI is InChI=1S/C14H21F3N4O/c1-4-10(2)21-13(18-3)20-8-9-22-12-11(14(15,16)17)6-5-7-19-12/h5-7,10H,4,8-9H2,1-3H3,(H2,18,20,21). The number of rotatable bonds is 6. The van der Waals surface area contributed by atoms with Gasteiger partial charge in [0.25, 0.3) is 0 Å². The zero-order valence-electron chi connectivity index (χ0n) is 12.9. The number of nitrogens with zero attached hydrogens (tertiary/aromatic N) is 2. The Morgan fingerprint density at radius 3 is 2.77 bits per heavy atom. The van der Waals surface area contributed by atoms with E-state index in [0.29, 0.717) is 12.5 Å². The van der Waals surface area contributed by atoms with E-state index in [1.165, 1.54) is 12.3 Å². The van der Waals surface area contributed by atoms with Crippen molar-refractivity contribution >= 4 is 5.96 Å². The fourth-order valence-corrected chi connectivity index (χ4v) is 1.57. The molecule has 0 aromatic carbocycles. The molecule has 0 aliphatic carbocycles. The van der Waals surface area contributed by atoms with E-state index in [9.17, 15) is 13.2 Å². The second-order valence-corrected chi connectivity index (χ2v) is 4.65. The molecule has 1 aromatic heterocycles. The number of nitrogens with one attached hydrogen (secondary N) is 2. The van der Waals surface area contributed by atoms with Crippen LogP contribution < -0.4 is 15.4 Å². The summed E-state index contributed by atoms with van der Waals surface area (Å²) < 4.78 is 43.4. The second-order valence-electron chi connectivity index (χ2n) is 4.65. The maximum atomic E-state index is 12.8. The van der Waals surface area contributed by atoms with Crippen LogP contribution in [0.25, 0.3) is 0 Å². The molecule has 1 heterocycles. The van der Waals surface area contributed by atoms with Crippen molar-refractivity contribution in [2.75, 3.05) is 20.2 Å². The molecule has 0 fully saturated rings. The summed E-state index contributed by atoms with van der Waals surface area (Å²) in [5, 5.41) is 6.11. The molecule has 124 valence electrons. The third kappa shape index (κ3) is 5.79. The van der Waals surface area contributed by atoms with Gasteiger partial charge in [0.1, 0.15) is 12.2 Å². The first-order chi connectivity index (χ1) is 10.4. The third-order valence-electron chi connectivity index (χ3n) is 2.93. The molecule has 0 saturated carbocycles. The topological polar surface area (TPSA) is 58.5 Å². The van der Waals surface area contributed by atoms with E-state index >= 15 is 0 Å². The van der Waals surface area contributed by atoms with Crippen LogP contribution in [0.1, 0.15) is 25.8 Å². The number of hydrogen-bond donors (Lipinski definition) is 2. The molecule has 0 amide bonds. The lowest BCUT2D eigenvalue weighted by atomic mass is 10.2. The minimum atomic E-state index is -4.48. The highest BCUT2D eigenvalue weighted by Crippen LogP contribution is 2.34. The van der Waals surface area contributed by atoms with Crippen LogP contribution in [0.2, 0.25) is 0 Å². The smallest absolute Gasteiger partial charge is 0.421 e. The zero-order chi connectivity index (χ0) is 16.6. The second kappa shape index (κ2) is 8.45. The lowest BCUT2D eigenvalue weighted by Crippen LogP contribution is -2.43. The highest BCUT2D eigenvalue weighted by atomic mass is 19.4. The van der Waals surface area contributed by atoms with E-state index in [0.717, 1.165) is 12.5 Å². The Hall–Kier alpha value is -1.99. The number of pyridine rings is 1. The van der Waals surface area contributed by atoms with Crippen LogP contribution in [-0.4, -0.2) is 37.2 Å². The highest BCUT2D eigenvalue weighted by Gasteiger charge is 2.34. The van der Waals surface area contributed by atoms with Crippen molar-refractivity contribution < 1.29 is 17.9 Å². The number of hydrogen-bond acceptors (Lipinski definition) is 3. The van der Waals surface area contributed by atoms with Crippen LogP contribution >= 0.6 is 0 Å². The van der Waals surface area contributed by atoms with Gasteiger partial charge in [0.2, 0.25) is 5.88 Å². The molecule has 1 unspecified atom stereocenters. The number of ether oxygens (including phenoxy) is 1. The van der Waals surface area contributed by atoms with Crippen LogP contribution in [-0.2, 0) is 6.18 Å². The first-order valence-electron chi connectivity index (χ1n) is 7.00. The van der Waals surface area contributed by atoms with E-state index in [2.05, 4.69) is 20.6 Å². The fraction of sp³-hybridized carbons (Fsp3) is 0.571. The van der Waals surface area contributed by atoms with Gasteiger partial charge in [-0.25, -0.2) is 4.98 Å². The first-order valence-corrected chi connectivity index (χ1v) is 7.00. The SMILES string of the molecule is CCC(C)NC(=NC)NCCOc1ncccc1C(F)(F)F. The van der Waals surface area contributed by atoms with Crippen molar-refractivity contribution in [3.8, 4) is 5.88 Å². The first kappa shape index (κ1) is 18.1. The lowest BCUT2D eigenvalue weighted by Gasteiger charge is -2.17. The Kier molecular flexibility index (Phi) is 6.94. The zero-order valence-corrected chi connectivity index (χ0v) is 12.9. The molecule has 5 nitrogen and oxygen atoms in total. The monoisotopic (exact) mass is 318 g/mol. The molecule has 2 N–H and O–H groups in total. The van der Waals surface area contributed by atoms with Gasteiger partial charge in [-0.3, -0.25) is 4.99 Å². The summed E-state index contributed by atoms with van der Waals surface area (Å²) in [6.45, 7) is 4.39. The molecule has 0 saturated heterocycles. The van der Waals surface area contributed by atoms with Crippen molar-refractivity contribution in [2.45, 2.75) is 32.5 Å². The fourth-order valence-electron chi connectivity index (χ4n) is 1.57. The minimum absolute atomic E-state index is 0.0430. The Bertz CT molecular complexity index is 491. The van der Waals surface area contributed by atoms with Crippen molar-refractivity contribution in [2.24, 2.45) is 4.99 Å². The largest absolute Gasteiger partial charge is 0.475 e. The van der Waals surface area contributed by atoms with E-state index in [4.69, 9.17) is 4.74 Å². The van der Waals surface area contributed by atoms with Crippen molar-refractivity contribution in [3.05, 3.63) is 23.9 Å². The van der Waals surface area contributed by atoms with Crippen molar-refractivity contribution in [1.82, 2.24) is 15.6 Å². The van der Waals surface area contributed by atoms with Crippen LogP contribution in [0.3, 0.4) is 0 Å². The van der Waals surface area contributed by atoms with Gasteiger partial charge in [0, 0.05) is 19.3 Å². The van der Waals surface area contributed by atoms with Gasteiger partial charge in [0.05, 0.1) is 6.54 Å². The molecule has 8 heteroatoms. The number of guanidine groups is 1. The molecule has 0 radical (unpaired) electrons. The van der Waals surface area contributed by atoms with Crippen molar-refractivity contribution in [3.63, 3.8) is 0 Å². The molecular weight excluding hydrogens is 297 g/mol. The van der Waals surface area contributed by atoms with Crippen LogP contribution in [0.4, 0.5) is 13.2 Å². The number of halogens is 3. The van der Waals surface area contributed by atoms with Crippen molar-refractivity contribution in [1.29, 1.82) is 0 Å². The minimum Gasteiger partial charge on any atom is -0.475 e. The summed E-state index contributed by atoms with van der Waals surface area (Å²) in [6, 6.07) is 2.42. The number of aromatic nitrogens is 1. The van der Waals surface area contributed by atoms with Crippen LogP contribution in [0, 0.1) is 0 Å². The molecule has 1 aromatic rings. The molecule has 0 aliphatic heterocycles. The highest BCUT2D eigenvalue weighted by molar-refractivity contribution is 5.79. The summed E-state index contributed by atoms with van der Waals surface area (Å²) in [7, 11) is 1.62. The molecular formula is C14H21F3N4O. The van der Waals surface area contributed by atoms with E-state index in [1.54, 1.807) is 7.05 Å². The van der Waals surface area contributed by atoms with Gasteiger partial charge < -0.3 is 15.4 Å². The van der Waals surface area contributed by atoms with Gasteiger partial charge in [-0.2, -0.15) is 13.2 Å². The maximum absolute atomic E-state index is 12.8. The Morgan fingerprint density at radius 2 is 2.18 bits per heavy atom. The lowest BCUT2D eigenvalue weighted by molar-refractivity contribution is -0.139. The van der Waals surface area contributed by atoms with E-state index in [1.807, 2.05) is 13.8 Å². The molecule has 0 bridgehead atoms. The molecule has 0 aliphatic rings. The molecule has 0 spiro atoms. The van der Waals surface area contributed by atoms with E-state index < -0.39 is 17.6 Å². The Morgan fingerprint density at radius 1 is 1.45 bits per heavy atom. The maximum Gasteiger partial charge on any atom is 0.421 e. The van der Waals surface area contributed by atoms with Crippen LogP contribution in [0.15, 0.2) is 23.3 Å². The summed E-state index contributed by atoms with van der Waals surface area (Å²) in [4.78, 5) is 7.65. The van der Waals surface area contributed by atoms with Gasteiger partial charge in [-0.05, 0) is 25.5 Å². The van der Waals surface area contributed by atoms with Gasteiger partial charge in [0.15, 0.2) is 5.96 Å². The molecule has 1 atom stereocenters. The quantitative estimate of drug-likeness (QED) is 0.480.